The monoisotopic (exact) mass is 377 g/mol. The molecule has 6 heteroatoms. The molecule has 1 aromatic heterocycles. The minimum absolute atomic E-state index is 0.0876. The van der Waals surface area contributed by atoms with E-state index in [0.717, 1.165) is 55.9 Å². The van der Waals surface area contributed by atoms with Crippen molar-refractivity contribution in [2.75, 3.05) is 19.6 Å². The number of hydrogen-bond donors (Lipinski definition) is 1. The smallest absolute Gasteiger partial charge is 0.225 e. The first-order chi connectivity index (χ1) is 12.7. The normalized spacial score (nSPS) is 21.6. The number of amides is 2. The summed E-state index contributed by atoms with van der Waals surface area (Å²) in [6, 6.07) is 0. The first kappa shape index (κ1) is 19.3. The van der Waals surface area contributed by atoms with Crippen molar-refractivity contribution in [3.63, 3.8) is 0 Å². The maximum absolute atomic E-state index is 12.8. The number of rotatable bonds is 6. The van der Waals surface area contributed by atoms with E-state index in [1.807, 2.05) is 6.92 Å². The molecule has 3 rings (SSSR count). The van der Waals surface area contributed by atoms with Crippen LogP contribution < -0.4 is 5.32 Å². The van der Waals surface area contributed by atoms with E-state index < -0.39 is 0 Å². The maximum Gasteiger partial charge on any atom is 0.225 e. The number of hydrogen-bond acceptors (Lipinski definition) is 4. The SMILES string of the molecule is CCC(=O)NCCc1csc([C@H]2CCCN(C(=O)C3CCCCC3)C2)n1. The molecule has 1 saturated carbocycles. The van der Waals surface area contributed by atoms with Gasteiger partial charge in [-0.1, -0.05) is 26.2 Å². The zero-order valence-electron chi connectivity index (χ0n) is 15.8. The molecule has 2 aliphatic rings. The number of carbonyl (C=O) groups is 2. The van der Waals surface area contributed by atoms with Crippen molar-refractivity contribution >= 4 is 23.2 Å². The summed E-state index contributed by atoms with van der Waals surface area (Å²) in [5.74, 6) is 1.11. The fourth-order valence-corrected chi connectivity index (χ4v) is 5.05. The summed E-state index contributed by atoms with van der Waals surface area (Å²) >= 11 is 1.71. The largest absolute Gasteiger partial charge is 0.356 e. The predicted octanol–water partition coefficient (Wildman–Crippen LogP) is 3.50. The quantitative estimate of drug-likeness (QED) is 0.825. The van der Waals surface area contributed by atoms with Crippen LogP contribution in [-0.4, -0.2) is 41.3 Å². The summed E-state index contributed by atoms with van der Waals surface area (Å²) in [7, 11) is 0. The average Bonchev–Trinajstić information content (AvgIpc) is 3.17. The Morgan fingerprint density at radius 1 is 1.23 bits per heavy atom. The molecule has 26 heavy (non-hydrogen) atoms. The highest BCUT2D eigenvalue weighted by Crippen LogP contribution is 2.32. The number of piperidine rings is 1. The molecule has 1 aliphatic carbocycles. The standard InChI is InChI=1S/C20H31N3O2S/c1-2-18(24)21-11-10-17-14-26-19(22-17)16-9-6-12-23(13-16)20(25)15-7-4-3-5-8-15/h14-16H,2-13H2,1H3,(H,21,24)/t16-/m0/s1. The molecule has 2 amide bonds. The molecule has 2 fully saturated rings. The van der Waals surface area contributed by atoms with Crippen molar-refractivity contribution in [1.29, 1.82) is 0 Å². The number of likely N-dealkylation sites (tertiary alicyclic amines) is 1. The number of carbonyl (C=O) groups excluding carboxylic acids is 2. The van der Waals surface area contributed by atoms with Gasteiger partial charge in [-0.15, -0.1) is 11.3 Å². The van der Waals surface area contributed by atoms with Crippen molar-refractivity contribution in [1.82, 2.24) is 15.2 Å². The molecule has 2 heterocycles. The van der Waals surface area contributed by atoms with E-state index in [1.165, 1.54) is 19.3 Å². The molecule has 0 aromatic carbocycles. The number of aromatic nitrogens is 1. The van der Waals surface area contributed by atoms with E-state index >= 15 is 0 Å². The van der Waals surface area contributed by atoms with Crippen molar-refractivity contribution in [2.45, 2.75) is 70.6 Å². The van der Waals surface area contributed by atoms with Crippen LogP contribution in [0.4, 0.5) is 0 Å². The Hall–Kier alpha value is -1.43. The van der Waals surface area contributed by atoms with E-state index in [-0.39, 0.29) is 11.8 Å². The van der Waals surface area contributed by atoms with Crippen LogP contribution in [0.3, 0.4) is 0 Å². The van der Waals surface area contributed by atoms with Gasteiger partial charge in [0, 0.05) is 49.7 Å². The highest BCUT2D eigenvalue weighted by Gasteiger charge is 2.31. The van der Waals surface area contributed by atoms with Gasteiger partial charge in [-0.25, -0.2) is 4.98 Å². The van der Waals surface area contributed by atoms with Gasteiger partial charge in [-0.05, 0) is 25.7 Å². The Morgan fingerprint density at radius 2 is 2.04 bits per heavy atom. The summed E-state index contributed by atoms with van der Waals surface area (Å²) < 4.78 is 0. The molecule has 1 atom stereocenters. The topological polar surface area (TPSA) is 62.3 Å². The van der Waals surface area contributed by atoms with Gasteiger partial charge in [0.05, 0.1) is 10.7 Å². The van der Waals surface area contributed by atoms with Gasteiger partial charge in [0.25, 0.3) is 0 Å². The minimum atomic E-state index is 0.0876. The molecule has 0 unspecified atom stereocenters. The minimum Gasteiger partial charge on any atom is -0.356 e. The van der Waals surface area contributed by atoms with E-state index in [4.69, 9.17) is 4.98 Å². The van der Waals surface area contributed by atoms with Crippen LogP contribution in [0.25, 0.3) is 0 Å². The van der Waals surface area contributed by atoms with Crippen molar-refractivity contribution < 1.29 is 9.59 Å². The zero-order valence-corrected chi connectivity index (χ0v) is 16.7. The van der Waals surface area contributed by atoms with Crippen LogP contribution in [-0.2, 0) is 16.0 Å². The maximum atomic E-state index is 12.8. The van der Waals surface area contributed by atoms with Gasteiger partial charge in [0.1, 0.15) is 0 Å². The summed E-state index contributed by atoms with van der Waals surface area (Å²) in [5.41, 5.74) is 1.05. The average molecular weight is 378 g/mol. The van der Waals surface area contributed by atoms with Gasteiger partial charge in [-0.3, -0.25) is 9.59 Å². The first-order valence-corrected chi connectivity index (χ1v) is 11.0. The van der Waals surface area contributed by atoms with E-state index in [9.17, 15) is 9.59 Å². The highest BCUT2D eigenvalue weighted by molar-refractivity contribution is 7.09. The highest BCUT2D eigenvalue weighted by atomic mass is 32.1. The van der Waals surface area contributed by atoms with Crippen molar-refractivity contribution in [3.05, 3.63) is 16.1 Å². The van der Waals surface area contributed by atoms with E-state index in [1.54, 1.807) is 11.3 Å². The van der Waals surface area contributed by atoms with Crippen molar-refractivity contribution in [3.8, 4) is 0 Å². The lowest BCUT2D eigenvalue weighted by atomic mass is 9.87. The van der Waals surface area contributed by atoms with Gasteiger partial charge >= 0.3 is 0 Å². The molecular weight excluding hydrogens is 346 g/mol. The lowest BCUT2D eigenvalue weighted by Gasteiger charge is -2.35. The van der Waals surface area contributed by atoms with Crippen LogP contribution in [0, 0.1) is 5.92 Å². The van der Waals surface area contributed by atoms with Gasteiger partial charge in [0.15, 0.2) is 0 Å². The third-order valence-corrected chi connectivity index (χ3v) is 6.69. The van der Waals surface area contributed by atoms with Crippen molar-refractivity contribution in [2.24, 2.45) is 5.92 Å². The van der Waals surface area contributed by atoms with E-state index in [0.29, 0.717) is 24.8 Å². The molecule has 0 radical (unpaired) electrons. The fraction of sp³-hybridized carbons (Fsp3) is 0.750. The summed E-state index contributed by atoms with van der Waals surface area (Å²) in [5, 5.41) is 6.16. The van der Waals surface area contributed by atoms with Crippen LogP contribution in [0.2, 0.25) is 0 Å². The number of thiazole rings is 1. The van der Waals surface area contributed by atoms with Crippen LogP contribution in [0.15, 0.2) is 5.38 Å². The molecular formula is C20H31N3O2S. The Morgan fingerprint density at radius 3 is 2.81 bits per heavy atom. The fourth-order valence-electron chi connectivity index (χ4n) is 4.07. The Labute approximate surface area is 160 Å². The Bertz CT molecular complexity index is 610. The second kappa shape index (κ2) is 9.49. The first-order valence-electron chi connectivity index (χ1n) is 10.2. The Balaban J connectivity index is 1.52. The molecule has 1 N–H and O–H groups in total. The van der Waals surface area contributed by atoms with Crippen LogP contribution in [0.1, 0.15) is 74.9 Å². The number of nitrogens with zero attached hydrogens (tertiary/aromatic N) is 2. The molecule has 1 aliphatic heterocycles. The number of nitrogens with one attached hydrogen (secondary N) is 1. The molecule has 144 valence electrons. The summed E-state index contributed by atoms with van der Waals surface area (Å²) in [6.45, 7) is 4.24. The predicted molar refractivity (Wildman–Crippen MR) is 104 cm³/mol. The summed E-state index contributed by atoms with van der Waals surface area (Å²) in [6.07, 6.45) is 9.34. The molecule has 1 saturated heterocycles. The second-order valence-electron chi connectivity index (χ2n) is 7.59. The lowest BCUT2D eigenvalue weighted by molar-refractivity contribution is -0.137. The molecule has 5 nitrogen and oxygen atoms in total. The second-order valence-corrected chi connectivity index (χ2v) is 8.48. The van der Waals surface area contributed by atoms with Crippen LogP contribution in [0.5, 0.6) is 0 Å². The molecule has 0 spiro atoms. The third-order valence-electron chi connectivity index (χ3n) is 5.63. The van der Waals surface area contributed by atoms with Crippen LogP contribution >= 0.6 is 11.3 Å². The summed E-state index contributed by atoms with van der Waals surface area (Å²) in [4.78, 5) is 31.1. The van der Waals surface area contributed by atoms with Gasteiger partial charge < -0.3 is 10.2 Å². The zero-order chi connectivity index (χ0) is 18.4. The van der Waals surface area contributed by atoms with Gasteiger partial charge in [-0.2, -0.15) is 0 Å². The Kier molecular flexibility index (Phi) is 7.06. The molecule has 0 bridgehead atoms. The lowest BCUT2D eigenvalue weighted by Crippen LogP contribution is -2.42. The van der Waals surface area contributed by atoms with Gasteiger partial charge in [0.2, 0.25) is 11.8 Å². The third kappa shape index (κ3) is 5.06. The molecule has 1 aromatic rings. The van der Waals surface area contributed by atoms with E-state index in [2.05, 4.69) is 15.6 Å².